The van der Waals surface area contributed by atoms with Crippen LogP contribution in [-0.2, 0) is 16.1 Å². The third kappa shape index (κ3) is 5.04. The van der Waals surface area contributed by atoms with E-state index in [-0.39, 0.29) is 11.2 Å². The quantitative estimate of drug-likeness (QED) is 0.427. The van der Waals surface area contributed by atoms with Gasteiger partial charge in [-0.15, -0.1) is 10.2 Å². The average Bonchev–Trinajstić information content (AvgIpc) is 3.27. The first-order valence-corrected chi connectivity index (χ1v) is 10.3. The third-order valence-electron chi connectivity index (χ3n) is 4.52. The predicted molar refractivity (Wildman–Crippen MR) is 114 cm³/mol. The number of thioether (sulfide) groups is 1. The molecule has 0 aliphatic heterocycles. The molecule has 0 aliphatic rings. The van der Waals surface area contributed by atoms with Crippen LogP contribution in [0.25, 0.3) is 5.69 Å². The highest BCUT2D eigenvalue weighted by molar-refractivity contribution is 8.00. The van der Waals surface area contributed by atoms with Gasteiger partial charge in [0.1, 0.15) is 6.33 Å². The van der Waals surface area contributed by atoms with Crippen LogP contribution in [0.5, 0.6) is 0 Å². The molecule has 154 valence electrons. The molecule has 0 bridgehead atoms. The molecule has 0 saturated carbocycles. The molecule has 1 unspecified atom stereocenters. The molecular weight excluding hydrogens is 388 g/mol. The number of benzene rings is 1. The van der Waals surface area contributed by atoms with Crippen LogP contribution in [-0.4, -0.2) is 49.4 Å². The number of amides is 1. The molecular formula is C20H26N6O2S. The lowest BCUT2D eigenvalue weighted by molar-refractivity contribution is -0.115. The smallest absolute Gasteiger partial charge is 0.237 e. The fraction of sp³-hybridized carbons (Fsp3) is 0.400. The summed E-state index contributed by atoms with van der Waals surface area (Å²) in [4.78, 5) is 12.8. The Balaban J connectivity index is 1.68. The number of carbonyl (C=O) groups excluding carboxylic acids is 1. The molecule has 0 aliphatic carbocycles. The first-order chi connectivity index (χ1) is 14.0. The zero-order valence-electron chi connectivity index (χ0n) is 17.1. The van der Waals surface area contributed by atoms with Crippen LogP contribution in [0.4, 0.5) is 5.69 Å². The number of ether oxygens (including phenoxy) is 1. The molecule has 2 heterocycles. The Morgan fingerprint density at radius 1 is 1.28 bits per heavy atom. The Morgan fingerprint density at radius 3 is 2.76 bits per heavy atom. The van der Waals surface area contributed by atoms with Crippen molar-refractivity contribution in [1.82, 2.24) is 24.5 Å². The number of aryl methyl sites for hydroxylation is 2. The SMILES string of the molecule is COCCCn1cnnc1SC(C)C(=O)Nc1c(C)nn(-c2ccccc2)c1C. The molecule has 1 aromatic carbocycles. The number of anilines is 1. The largest absolute Gasteiger partial charge is 0.385 e. The third-order valence-corrected chi connectivity index (χ3v) is 5.61. The summed E-state index contributed by atoms with van der Waals surface area (Å²) in [5, 5.41) is 16.1. The Morgan fingerprint density at radius 2 is 2.03 bits per heavy atom. The van der Waals surface area contributed by atoms with Crippen LogP contribution in [0.15, 0.2) is 41.8 Å². The van der Waals surface area contributed by atoms with Gasteiger partial charge >= 0.3 is 0 Å². The molecule has 0 fully saturated rings. The van der Waals surface area contributed by atoms with Gasteiger partial charge in [-0.1, -0.05) is 30.0 Å². The summed E-state index contributed by atoms with van der Waals surface area (Å²) < 4.78 is 8.87. The molecule has 3 aromatic rings. The van der Waals surface area contributed by atoms with Crippen LogP contribution >= 0.6 is 11.8 Å². The van der Waals surface area contributed by atoms with Gasteiger partial charge in [-0.2, -0.15) is 5.10 Å². The van der Waals surface area contributed by atoms with E-state index in [9.17, 15) is 4.79 Å². The minimum absolute atomic E-state index is 0.0970. The van der Waals surface area contributed by atoms with Crippen molar-refractivity contribution in [2.45, 2.75) is 44.1 Å². The van der Waals surface area contributed by atoms with E-state index in [1.807, 2.05) is 60.4 Å². The van der Waals surface area contributed by atoms with Crippen molar-refractivity contribution < 1.29 is 9.53 Å². The molecule has 1 N–H and O–H groups in total. The van der Waals surface area contributed by atoms with Crippen LogP contribution in [0.3, 0.4) is 0 Å². The Kier molecular flexibility index (Phi) is 7.05. The summed E-state index contributed by atoms with van der Waals surface area (Å²) >= 11 is 1.39. The molecule has 29 heavy (non-hydrogen) atoms. The standard InChI is InChI=1S/C20H26N6O2S/c1-14-18(15(2)26(24-14)17-9-6-5-7-10-17)22-19(27)16(3)29-20-23-21-13-25(20)11-8-12-28-4/h5-7,9-10,13,16H,8,11-12H2,1-4H3,(H,22,27). The summed E-state index contributed by atoms with van der Waals surface area (Å²) in [6.07, 6.45) is 2.54. The zero-order valence-corrected chi connectivity index (χ0v) is 17.9. The van der Waals surface area contributed by atoms with E-state index in [1.165, 1.54) is 11.8 Å². The molecule has 3 rings (SSSR count). The number of hydrogen-bond acceptors (Lipinski definition) is 6. The predicted octanol–water partition coefficient (Wildman–Crippen LogP) is 3.24. The van der Waals surface area contributed by atoms with Crippen LogP contribution in [0.2, 0.25) is 0 Å². The second-order valence-electron chi connectivity index (χ2n) is 6.70. The lowest BCUT2D eigenvalue weighted by atomic mass is 10.3. The summed E-state index contributed by atoms with van der Waals surface area (Å²) in [5.41, 5.74) is 3.37. The van der Waals surface area contributed by atoms with E-state index in [2.05, 4.69) is 20.6 Å². The highest BCUT2D eigenvalue weighted by Gasteiger charge is 2.21. The van der Waals surface area contributed by atoms with E-state index in [1.54, 1.807) is 13.4 Å². The van der Waals surface area contributed by atoms with E-state index in [4.69, 9.17) is 4.74 Å². The van der Waals surface area contributed by atoms with Crippen LogP contribution < -0.4 is 5.32 Å². The Labute approximate surface area is 174 Å². The molecule has 1 atom stereocenters. The average molecular weight is 415 g/mol. The van der Waals surface area contributed by atoms with E-state index in [0.29, 0.717) is 6.61 Å². The number of para-hydroxylation sites is 1. The van der Waals surface area contributed by atoms with E-state index in [0.717, 1.165) is 40.9 Å². The Bertz CT molecular complexity index is 953. The topological polar surface area (TPSA) is 86.9 Å². The van der Waals surface area contributed by atoms with Crippen molar-refractivity contribution in [3.63, 3.8) is 0 Å². The highest BCUT2D eigenvalue weighted by Crippen LogP contribution is 2.26. The first kappa shape index (κ1) is 21.1. The van der Waals surface area contributed by atoms with Gasteiger partial charge in [0.05, 0.1) is 28.0 Å². The fourth-order valence-corrected chi connectivity index (χ4v) is 3.80. The van der Waals surface area contributed by atoms with Crippen LogP contribution in [0.1, 0.15) is 24.7 Å². The number of nitrogens with one attached hydrogen (secondary N) is 1. The van der Waals surface area contributed by atoms with Crippen molar-refractivity contribution in [2.24, 2.45) is 0 Å². The zero-order chi connectivity index (χ0) is 20.8. The van der Waals surface area contributed by atoms with Gasteiger partial charge < -0.3 is 14.6 Å². The second kappa shape index (κ2) is 9.71. The fourth-order valence-electron chi connectivity index (χ4n) is 2.95. The summed E-state index contributed by atoms with van der Waals surface area (Å²) in [7, 11) is 1.68. The maximum absolute atomic E-state index is 12.8. The Hall–Kier alpha value is -2.65. The number of aromatic nitrogens is 5. The molecule has 1 amide bonds. The minimum atomic E-state index is -0.334. The molecule has 0 saturated heterocycles. The summed E-state index contributed by atoms with van der Waals surface area (Å²) in [6, 6.07) is 9.86. The number of methoxy groups -OCH3 is 1. The molecule has 2 aromatic heterocycles. The number of nitrogens with zero attached hydrogens (tertiary/aromatic N) is 5. The van der Waals surface area contributed by atoms with E-state index < -0.39 is 0 Å². The van der Waals surface area contributed by atoms with Gasteiger partial charge in [-0.05, 0) is 39.3 Å². The number of hydrogen-bond donors (Lipinski definition) is 1. The molecule has 0 radical (unpaired) electrons. The summed E-state index contributed by atoms with van der Waals surface area (Å²) in [6.45, 7) is 7.13. The van der Waals surface area contributed by atoms with Gasteiger partial charge in [0, 0.05) is 20.3 Å². The monoisotopic (exact) mass is 414 g/mol. The van der Waals surface area contributed by atoms with Gasteiger partial charge in [0.25, 0.3) is 0 Å². The molecule has 8 nitrogen and oxygen atoms in total. The van der Waals surface area contributed by atoms with Gasteiger partial charge in [0.15, 0.2) is 5.16 Å². The maximum Gasteiger partial charge on any atom is 0.237 e. The minimum Gasteiger partial charge on any atom is -0.385 e. The van der Waals surface area contributed by atoms with Gasteiger partial charge in [-0.3, -0.25) is 4.79 Å². The normalized spacial score (nSPS) is 12.1. The first-order valence-electron chi connectivity index (χ1n) is 9.47. The van der Waals surface area contributed by atoms with E-state index >= 15 is 0 Å². The molecule has 0 spiro atoms. The number of carbonyl (C=O) groups is 1. The molecule has 9 heteroatoms. The van der Waals surface area contributed by atoms with Crippen molar-refractivity contribution in [3.8, 4) is 5.69 Å². The van der Waals surface area contributed by atoms with Crippen molar-refractivity contribution in [3.05, 3.63) is 48.0 Å². The lowest BCUT2D eigenvalue weighted by Gasteiger charge is -2.13. The van der Waals surface area contributed by atoms with Crippen molar-refractivity contribution in [2.75, 3.05) is 19.0 Å². The summed E-state index contributed by atoms with van der Waals surface area (Å²) in [5.74, 6) is -0.0970. The van der Waals surface area contributed by atoms with Gasteiger partial charge in [-0.25, -0.2) is 4.68 Å². The lowest BCUT2D eigenvalue weighted by Crippen LogP contribution is -2.23. The van der Waals surface area contributed by atoms with Crippen LogP contribution in [0, 0.1) is 13.8 Å². The van der Waals surface area contributed by atoms with Gasteiger partial charge in [0.2, 0.25) is 5.91 Å². The maximum atomic E-state index is 12.8. The highest BCUT2D eigenvalue weighted by atomic mass is 32.2. The number of rotatable bonds is 9. The van der Waals surface area contributed by atoms with Crippen molar-refractivity contribution >= 4 is 23.4 Å². The second-order valence-corrected chi connectivity index (χ2v) is 8.00. The van der Waals surface area contributed by atoms with Crippen molar-refractivity contribution in [1.29, 1.82) is 0 Å².